The fraction of sp³-hybridized carbons (Fsp3) is 0.211. The van der Waals surface area contributed by atoms with Gasteiger partial charge in [-0.1, -0.05) is 17.7 Å². The van der Waals surface area contributed by atoms with Gasteiger partial charge in [-0.3, -0.25) is 19.3 Å². The Balaban J connectivity index is 1.81. The highest BCUT2D eigenvalue weighted by Gasteiger charge is 2.28. The van der Waals surface area contributed by atoms with Crippen molar-refractivity contribution in [3.8, 4) is 5.75 Å². The molecule has 0 fully saturated rings. The summed E-state index contributed by atoms with van der Waals surface area (Å²) in [5.74, 6) is -0.289. The minimum atomic E-state index is -0.327. The van der Waals surface area contributed by atoms with Gasteiger partial charge in [0.05, 0.1) is 5.69 Å². The van der Waals surface area contributed by atoms with Crippen LogP contribution in [0.2, 0.25) is 0 Å². The molecule has 0 aromatic heterocycles. The van der Waals surface area contributed by atoms with Crippen LogP contribution in [0, 0.1) is 6.92 Å². The molecule has 2 aromatic rings. The van der Waals surface area contributed by atoms with Crippen molar-refractivity contribution in [2.24, 2.45) is 0 Å². The molecule has 1 aliphatic heterocycles. The topological polar surface area (TPSA) is 75.7 Å². The molecule has 1 aliphatic rings. The first-order valence-corrected chi connectivity index (χ1v) is 7.89. The highest BCUT2D eigenvalue weighted by atomic mass is 16.5. The lowest BCUT2D eigenvalue weighted by atomic mass is 10.1. The molecule has 128 valence electrons. The number of aryl methyl sites for hydroxylation is 1. The molecule has 0 saturated carbocycles. The lowest BCUT2D eigenvalue weighted by molar-refractivity contribution is -0.123. The van der Waals surface area contributed by atoms with Gasteiger partial charge in [-0.2, -0.15) is 0 Å². The largest absolute Gasteiger partial charge is 0.482 e. The number of nitrogens with one attached hydrogen (secondary N) is 1. The molecular formula is C19H18N2O4. The van der Waals surface area contributed by atoms with Crippen molar-refractivity contribution in [2.45, 2.75) is 13.8 Å². The van der Waals surface area contributed by atoms with Crippen molar-refractivity contribution in [3.05, 3.63) is 53.6 Å². The molecule has 25 heavy (non-hydrogen) atoms. The second-order valence-electron chi connectivity index (χ2n) is 5.92. The van der Waals surface area contributed by atoms with Crippen molar-refractivity contribution in [1.29, 1.82) is 0 Å². The molecule has 6 heteroatoms. The number of rotatable bonds is 4. The lowest BCUT2D eigenvalue weighted by Crippen LogP contribution is -2.43. The van der Waals surface area contributed by atoms with Crippen LogP contribution in [0.3, 0.4) is 0 Å². The molecule has 0 bridgehead atoms. The number of anilines is 2. The molecule has 1 N–H and O–H groups in total. The SMILES string of the molecule is CC(=O)c1ccc2c(c1)N(CC(=O)Nc1ccc(C)cc1)C(=O)CO2. The Morgan fingerprint density at radius 2 is 1.88 bits per heavy atom. The number of ether oxygens (including phenoxy) is 1. The first-order valence-electron chi connectivity index (χ1n) is 7.89. The highest BCUT2D eigenvalue weighted by Crippen LogP contribution is 2.33. The first-order chi connectivity index (χ1) is 11.9. The molecule has 2 aromatic carbocycles. The van der Waals surface area contributed by atoms with E-state index in [-0.39, 0.29) is 30.7 Å². The van der Waals surface area contributed by atoms with Crippen LogP contribution in [0.25, 0.3) is 0 Å². The van der Waals surface area contributed by atoms with E-state index in [1.54, 1.807) is 30.3 Å². The number of benzene rings is 2. The number of hydrogen-bond donors (Lipinski definition) is 1. The van der Waals surface area contributed by atoms with Gasteiger partial charge in [0.25, 0.3) is 5.91 Å². The zero-order chi connectivity index (χ0) is 18.0. The zero-order valence-corrected chi connectivity index (χ0v) is 14.0. The van der Waals surface area contributed by atoms with Gasteiger partial charge in [0.1, 0.15) is 12.3 Å². The van der Waals surface area contributed by atoms with E-state index in [1.807, 2.05) is 19.1 Å². The van der Waals surface area contributed by atoms with E-state index in [9.17, 15) is 14.4 Å². The van der Waals surface area contributed by atoms with E-state index in [0.717, 1.165) is 5.56 Å². The average Bonchev–Trinajstić information content (AvgIpc) is 2.59. The maximum atomic E-state index is 12.3. The van der Waals surface area contributed by atoms with E-state index in [2.05, 4.69) is 5.32 Å². The van der Waals surface area contributed by atoms with Gasteiger partial charge in [0, 0.05) is 11.3 Å². The maximum Gasteiger partial charge on any atom is 0.265 e. The number of fused-ring (bicyclic) bond motifs is 1. The average molecular weight is 338 g/mol. The number of Topliss-reactive ketones (excluding diaryl/α,β-unsaturated/α-hetero) is 1. The smallest absolute Gasteiger partial charge is 0.265 e. The molecule has 0 spiro atoms. The van der Waals surface area contributed by atoms with Crippen LogP contribution < -0.4 is 15.0 Å². The Labute approximate surface area is 145 Å². The molecule has 6 nitrogen and oxygen atoms in total. The number of amides is 2. The van der Waals surface area contributed by atoms with Crippen molar-refractivity contribution in [2.75, 3.05) is 23.4 Å². The molecule has 1 heterocycles. The number of carbonyl (C=O) groups is 3. The predicted molar refractivity (Wildman–Crippen MR) is 94.1 cm³/mol. The molecule has 0 radical (unpaired) electrons. The Morgan fingerprint density at radius 1 is 1.16 bits per heavy atom. The third-order valence-corrected chi connectivity index (χ3v) is 3.95. The summed E-state index contributed by atoms with van der Waals surface area (Å²) < 4.78 is 5.38. The summed E-state index contributed by atoms with van der Waals surface area (Å²) in [4.78, 5) is 37.5. The standard InChI is InChI=1S/C19H18N2O4/c1-12-3-6-15(7-4-12)20-18(23)10-21-16-9-14(13(2)22)5-8-17(16)25-11-19(21)24/h3-9H,10-11H2,1-2H3,(H,20,23). The summed E-state index contributed by atoms with van der Waals surface area (Å²) in [6, 6.07) is 12.2. The second kappa shape index (κ2) is 6.76. The lowest BCUT2D eigenvalue weighted by Gasteiger charge is -2.29. The van der Waals surface area contributed by atoms with Crippen molar-refractivity contribution < 1.29 is 19.1 Å². The van der Waals surface area contributed by atoms with Crippen LogP contribution >= 0.6 is 0 Å². The fourth-order valence-corrected chi connectivity index (χ4v) is 2.58. The van der Waals surface area contributed by atoms with Gasteiger partial charge >= 0.3 is 0 Å². The van der Waals surface area contributed by atoms with Crippen LogP contribution in [0.15, 0.2) is 42.5 Å². The fourth-order valence-electron chi connectivity index (χ4n) is 2.58. The monoisotopic (exact) mass is 338 g/mol. The second-order valence-corrected chi connectivity index (χ2v) is 5.92. The normalized spacial score (nSPS) is 13.0. The van der Waals surface area contributed by atoms with Gasteiger partial charge in [0.2, 0.25) is 5.91 Å². The molecule has 0 saturated heterocycles. The van der Waals surface area contributed by atoms with Crippen molar-refractivity contribution >= 4 is 29.0 Å². The highest BCUT2D eigenvalue weighted by molar-refractivity contribution is 6.06. The Kier molecular flexibility index (Phi) is 4.52. The zero-order valence-electron chi connectivity index (χ0n) is 14.0. The minimum absolute atomic E-state index is 0.120. The summed E-state index contributed by atoms with van der Waals surface area (Å²) in [6.07, 6.45) is 0. The van der Waals surface area contributed by atoms with Gasteiger partial charge in [-0.15, -0.1) is 0 Å². The molecule has 0 unspecified atom stereocenters. The molecule has 0 aliphatic carbocycles. The van der Waals surface area contributed by atoms with E-state index in [4.69, 9.17) is 4.74 Å². The Morgan fingerprint density at radius 3 is 2.56 bits per heavy atom. The minimum Gasteiger partial charge on any atom is -0.482 e. The van der Waals surface area contributed by atoms with Crippen molar-refractivity contribution in [1.82, 2.24) is 0 Å². The molecule has 2 amide bonds. The summed E-state index contributed by atoms with van der Waals surface area (Å²) in [5.41, 5.74) is 2.64. The van der Waals surface area contributed by atoms with E-state index in [0.29, 0.717) is 22.7 Å². The third-order valence-electron chi connectivity index (χ3n) is 3.95. The van der Waals surface area contributed by atoms with E-state index >= 15 is 0 Å². The maximum absolute atomic E-state index is 12.3. The summed E-state index contributed by atoms with van der Waals surface area (Å²) >= 11 is 0. The first kappa shape index (κ1) is 16.7. The van der Waals surface area contributed by atoms with Crippen LogP contribution in [0.1, 0.15) is 22.8 Å². The molecule has 3 rings (SSSR count). The van der Waals surface area contributed by atoms with Gasteiger partial charge < -0.3 is 10.1 Å². The number of hydrogen-bond acceptors (Lipinski definition) is 4. The number of nitrogens with zero attached hydrogens (tertiary/aromatic N) is 1. The van der Waals surface area contributed by atoms with Crippen LogP contribution in [-0.2, 0) is 9.59 Å². The summed E-state index contributed by atoms with van der Waals surface area (Å²) in [7, 11) is 0. The third kappa shape index (κ3) is 3.68. The van der Waals surface area contributed by atoms with Crippen LogP contribution in [0.5, 0.6) is 5.75 Å². The van der Waals surface area contributed by atoms with Crippen molar-refractivity contribution in [3.63, 3.8) is 0 Å². The Bertz CT molecular complexity index is 843. The van der Waals surface area contributed by atoms with Gasteiger partial charge in [-0.05, 0) is 44.2 Å². The van der Waals surface area contributed by atoms with E-state index < -0.39 is 0 Å². The predicted octanol–water partition coefficient (Wildman–Crippen LogP) is 2.56. The quantitative estimate of drug-likeness (QED) is 0.870. The van der Waals surface area contributed by atoms with Gasteiger partial charge in [0.15, 0.2) is 12.4 Å². The molecular weight excluding hydrogens is 320 g/mol. The van der Waals surface area contributed by atoms with Crippen LogP contribution in [-0.4, -0.2) is 30.7 Å². The summed E-state index contributed by atoms with van der Waals surface area (Å²) in [6.45, 7) is 3.12. The van der Waals surface area contributed by atoms with Crippen LogP contribution in [0.4, 0.5) is 11.4 Å². The number of ketones is 1. The Hall–Kier alpha value is -3.15. The summed E-state index contributed by atoms with van der Waals surface area (Å²) in [5, 5.41) is 2.76. The number of carbonyl (C=O) groups excluding carboxylic acids is 3. The van der Waals surface area contributed by atoms with Gasteiger partial charge in [-0.25, -0.2) is 0 Å². The molecule has 0 atom stereocenters. The van der Waals surface area contributed by atoms with E-state index in [1.165, 1.54) is 11.8 Å².